The quantitative estimate of drug-likeness (QED) is 0.273. The van der Waals surface area contributed by atoms with Crippen molar-refractivity contribution in [1.82, 2.24) is 0 Å². The van der Waals surface area contributed by atoms with E-state index >= 15 is 0 Å². The molecule has 5 aliphatic rings. The molecular weight excluding hydrogens is 368 g/mol. The summed E-state index contributed by atoms with van der Waals surface area (Å²) in [6.07, 6.45) is 11.4. The number of rotatable bonds is 7. The lowest BCUT2D eigenvalue weighted by molar-refractivity contribution is -0.168. The fourth-order valence-electron chi connectivity index (χ4n) is 7.98. The predicted octanol–water partition coefficient (Wildman–Crippen LogP) is 4.33. The number of carbonyl (C=O) groups is 2. The molecule has 5 aliphatic carbocycles. The van der Waals surface area contributed by atoms with Gasteiger partial charge in [-0.25, -0.2) is 0 Å². The van der Waals surface area contributed by atoms with Crippen LogP contribution in [0.2, 0.25) is 0 Å². The Labute approximate surface area is 174 Å². The van der Waals surface area contributed by atoms with Crippen molar-refractivity contribution in [3.05, 3.63) is 0 Å². The van der Waals surface area contributed by atoms with Gasteiger partial charge in [-0.1, -0.05) is 26.2 Å². The standard InChI is InChI=1S/C24H36O5/c1-2-21(25)29-20-11-16-10-19(20)23-17-8-15(22(16)23)9-18(17)24(26)28-13-27-12-14-6-4-3-5-7-14/h14-20,22-23H,2-13H2,1H3. The molecule has 0 aromatic heterocycles. The second kappa shape index (κ2) is 8.20. The van der Waals surface area contributed by atoms with Gasteiger partial charge in [0.1, 0.15) is 6.10 Å². The van der Waals surface area contributed by atoms with Crippen molar-refractivity contribution < 1.29 is 23.8 Å². The Morgan fingerprint density at radius 1 is 0.897 bits per heavy atom. The number of hydrogen-bond donors (Lipinski definition) is 0. The average molecular weight is 405 g/mol. The Morgan fingerprint density at radius 3 is 2.45 bits per heavy atom. The summed E-state index contributed by atoms with van der Waals surface area (Å²) < 4.78 is 17.0. The lowest BCUT2D eigenvalue weighted by Gasteiger charge is -2.40. The van der Waals surface area contributed by atoms with Gasteiger partial charge < -0.3 is 14.2 Å². The Hall–Kier alpha value is -1.10. The van der Waals surface area contributed by atoms with E-state index in [9.17, 15) is 9.59 Å². The summed E-state index contributed by atoms with van der Waals surface area (Å²) >= 11 is 0. The molecule has 29 heavy (non-hydrogen) atoms. The SMILES string of the molecule is CCC(=O)OC1CC2CC1C1C3CC(CC3C(=O)OCOCC3CCCCC3)C21. The molecule has 5 rings (SSSR count). The van der Waals surface area contributed by atoms with E-state index in [1.165, 1.54) is 44.9 Å². The lowest BCUT2D eigenvalue weighted by atomic mass is 9.67. The minimum atomic E-state index is -0.0756. The number of hydrogen-bond acceptors (Lipinski definition) is 5. The molecule has 5 fully saturated rings. The highest BCUT2D eigenvalue weighted by atomic mass is 16.7. The minimum Gasteiger partial charge on any atom is -0.462 e. The molecule has 5 saturated carbocycles. The summed E-state index contributed by atoms with van der Waals surface area (Å²) in [5.41, 5.74) is 0. The predicted molar refractivity (Wildman–Crippen MR) is 107 cm³/mol. The summed E-state index contributed by atoms with van der Waals surface area (Å²) in [5.74, 6) is 4.12. The first kappa shape index (κ1) is 19.8. The van der Waals surface area contributed by atoms with Gasteiger partial charge in [-0.2, -0.15) is 0 Å². The van der Waals surface area contributed by atoms with Crippen LogP contribution in [-0.2, 0) is 23.8 Å². The molecule has 0 aliphatic heterocycles. The fourth-order valence-corrected chi connectivity index (χ4v) is 7.98. The second-order valence-electron chi connectivity index (χ2n) is 10.4. The van der Waals surface area contributed by atoms with Gasteiger partial charge in [0.05, 0.1) is 12.5 Å². The van der Waals surface area contributed by atoms with Crippen LogP contribution in [0.1, 0.15) is 71.1 Å². The van der Waals surface area contributed by atoms with E-state index in [1.54, 1.807) is 0 Å². The molecular formula is C24H36O5. The normalized spacial score (nSPS) is 42.8. The molecule has 5 heteroatoms. The van der Waals surface area contributed by atoms with Gasteiger partial charge in [-0.3, -0.25) is 9.59 Å². The van der Waals surface area contributed by atoms with Gasteiger partial charge in [-0.15, -0.1) is 0 Å². The number of esters is 2. The maximum absolute atomic E-state index is 12.8. The first-order valence-electron chi connectivity index (χ1n) is 12.1. The van der Waals surface area contributed by atoms with E-state index in [4.69, 9.17) is 14.2 Å². The van der Waals surface area contributed by atoms with Gasteiger partial charge in [0.25, 0.3) is 0 Å². The van der Waals surface area contributed by atoms with E-state index in [2.05, 4.69) is 0 Å². The van der Waals surface area contributed by atoms with Crippen LogP contribution in [0.4, 0.5) is 0 Å². The molecule has 8 unspecified atom stereocenters. The Bertz CT molecular complexity index is 627. The average Bonchev–Trinajstić information content (AvgIpc) is 3.50. The van der Waals surface area contributed by atoms with Gasteiger partial charge >= 0.3 is 11.9 Å². The topological polar surface area (TPSA) is 61.8 Å². The monoisotopic (exact) mass is 404 g/mol. The van der Waals surface area contributed by atoms with E-state index < -0.39 is 0 Å². The third kappa shape index (κ3) is 3.62. The van der Waals surface area contributed by atoms with Crippen molar-refractivity contribution in [2.24, 2.45) is 47.3 Å². The molecule has 8 atom stereocenters. The third-order valence-corrected chi connectivity index (χ3v) is 8.99. The molecule has 162 valence electrons. The van der Waals surface area contributed by atoms with Crippen LogP contribution in [0.5, 0.6) is 0 Å². The zero-order valence-corrected chi connectivity index (χ0v) is 17.7. The van der Waals surface area contributed by atoms with Crippen LogP contribution in [0.15, 0.2) is 0 Å². The zero-order valence-electron chi connectivity index (χ0n) is 17.7. The maximum Gasteiger partial charge on any atom is 0.311 e. The van der Waals surface area contributed by atoms with Crippen LogP contribution < -0.4 is 0 Å². The van der Waals surface area contributed by atoms with Crippen molar-refractivity contribution in [3.63, 3.8) is 0 Å². The molecule has 0 amide bonds. The van der Waals surface area contributed by atoms with Crippen molar-refractivity contribution in [2.45, 2.75) is 77.2 Å². The first-order chi connectivity index (χ1) is 14.2. The largest absolute Gasteiger partial charge is 0.462 e. The summed E-state index contributed by atoms with van der Waals surface area (Å²) in [6.45, 7) is 2.70. The molecule has 0 aromatic rings. The summed E-state index contributed by atoms with van der Waals surface area (Å²) in [5, 5.41) is 0. The highest BCUT2D eigenvalue weighted by Gasteiger charge is 2.66. The van der Waals surface area contributed by atoms with Crippen molar-refractivity contribution in [3.8, 4) is 0 Å². The van der Waals surface area contributed by atoms with Crippen LogP contribution >= 0.6 is 0 Å². The van der Waals surface area contributed by atoms with Crippen LogP contribution in [0, 0.1) is 47.3 Å². The molecule has 5 nitrogen and oxygen atoms in total. The fraction of sp³-hybridized carbons (Fsp3) is 0.917. The van der Waals surface area contributed by atoms with Crippen molar-refractivity contribution in [2.75, 3.05) is 13.4 Å². The summed E-state index contributed by atoms with van der Waals surface area (Å²) in [6, 6.07) is 0. The van der Waals surface area contributed by atoms with E-state index in [-0.39, 0.29) is 30.8 Å². The van der Waals surface area contributed by atoms with Crippen LogP contribution in [0.25, 0.3) is 0 Å². The molecule has 0 N–H and O–H groups in total. The molecule has 4 bridgehead atoms. The summed E-state index contributed by atoms with van der Waals surface area (Å²) in [4.78, 5) is 24.6. The number of carbonyl (C=O) groups excluding carboxylic acids is 2. The Kier molecular flexibility index (Phi) is 5.61. The van der Waals surface area contributed by atoms with Gasteiger partial charge in [0.15, 0.2) is 6.79 Å². The Balaban J connectivity index is 1.13. The van der Waals surface area contributed by atoms with E-state index in [0.717, 1.165) is 25.4 Å². The number of fused-ring (bicyclic) bond motifs is 9. The van der Waals surface area contributed by atoms with Gasteiger partial charge in [0.2, 0.25) is 0 Å². The molecule has 0 spiro atoms. The van der Waals surface area contributed by atoms with Crippen molar-refractivity contribution >= 4 is 11.9 Å². The zero-order chi connectivity index (χ0) is 20.0. The number of ether oxygens (including phenoxy) is 3. The van der Waals surface area contributed by atoms with Crippen LogP contribution in [-0.4, -0.2) is 31.4 Å². The van der Waals surface area contributed by atoms with E-state index in [0.29, 0.717) is 41.9 Å². The third-order valence-electron chi connectivity index (χ3n) is 8.99. The van der Waals surface area contributed by atoms with Crippen LogP contribution in [0.3, 0.4) is 0 Å². The highest BCUT2D eigenvalue weighted by molar-refractivity contribution is 5.73. The smallest absolute Gasteiger partial charge is 0.311 e. The van der Waals surface area contributed by atoms with Gasteiger partial charge in [-0.05, 0) is 80.0 Å². The Morgan fingerprint density at radius 2 is 1.66 bits per heavy atom. The molecule has 0 radical (unpaired) electrons. The maximum atomic E-state index is 12.8. The molecule has 0 saturated heterocycles. The minimum absolute atomic E-state index is 0.0291. The lowest BCUT2D eigenvalue weighted by Crippen LogP contribution is -2.41. The summed E-state index contributed by atoms with van der Waals surface area (Å²) in [7, 11) is 0. The second-order valence-corrected chi connectivity index (χ2v) is 10.4. The molecule has 0 heterocycles. The first-order valence-corrected chi connectivity index (χ1v) is 12.1. The van der Waals surface area contributed by atoms with E-state index in [1.807, 2.05) is 6.92 Å². The van der Waals surface area contributed by atoms with Gasteiger partial charge in [0, 0.05) is 6.42 Å². The van der Waals surface area contributed by atoms with Crippen molar-refractivity contribution in [1.29, 1.82) is 0 Å². The highest BCUT2D eigenvalue weighted by Crippen LogP contribution is 2.69. The molecule has 0 aromatic carbocycles.